The van der Waals surface area contributed by atoms with Gasteiger partial charge < -0.3 is 14.8 Å². The second kappa shape index (κ2) is 14.4. The summed E-state index contributed by atoms with van der Waals surface area (Å²) in [6.07, 6.45) is 9.10. The zero-order valence-electron chi connectivity index (χ0n) is 21.9. The number of rotatable bonds is 15. The number of unbranched alkanes of at least 4 members (excludes halogenated alkanes) is 3. The summed E-state index contributed by atoms with van der Waals surface area (Å²) in [4.78, 5) is 33.2. The van der Waals surface area contributed by atoms with E-state index in [2.05, 4.69) is 36.1 Å². The number of thioether (sulfide) groups is 1. The van der Waals surface area contributed by atoms with Crippen LogP contribution in [0.4, 0.5) is 5.69 Å². The highest BCUT2D eigenvalue weighted by molar-refractivity contribution is 8.00. The number of nitrogens with one attached hydrogen (secondary N) is 1. The van der Waals surface area contributed by atoms with Crippen molar-refractivity contribution in [1.82, 2.24) is 9.97 Å². The fourth-order valence-corrected chi connectivity index (χ4v) is 5.53. The Bertz CT molecular complexity index is 1130. The maximum absolute atomic E-state index is 12.4. The van der Waals surface area contributed by atoms with Crippen LogP contribution in [-0.4, -0.2) is 33.4 Å². The molecule has 0 aliphatic carbocycles. The number of hydrogen-bond acceptors (Lipinski definition) is 8. The molecule has 0 atom stereocenters. The predicted molar refractivity (Wildman–Crippen MR) is 149 cm³/mol. The van der Waals surface area contributed by atoms with Crippen LogP contribution in [0, 0.1) is 0 Å². The van der Waals surface area contributed by atoms with Crippen molar-refractivity contribution in [2.45, 2.75) is 87.5 Å². The molecule has 1 aromatic carbocycles. The molecule has 2 heterocycles. The molecule has 0 spiro atoms. The van der Waals surface area contributed by atoms with E-state index < -0.39 is 0 Å². The van der Waals surface area contributed by atoms with Crippen LogP contribution in [0.25, 0.3) is 0 Å². The number of hydrogen-bond donors (Lipinski definition) is 2. The van der Waals surface area contributed by atoms with Gasteiger partial charge in [-0.25, -0.2) is 9.97 Å². The number of nitrogens with zero attached hydrogens (tertiary/aromatic N) is 2. The molecule has 200 valence electrons. The number of carbonyl (C=O) groups excluding carboxylic acids is 2. The van der Waals surface area contributed by atoms with E-state index in [4.69, 9.17) is 9.52 Å². The zero-order valence-corrected chi connectivity index (χ0v) is 23.6. The number of ketones is 1. The van der Waals surface area contributed by atoms with Gasteiger partial charge in [-0.3, -0.25) is 9.59 Å². The lowest BCUT2D eigenvalue weighted by molar-refractivity contribution is -0.118. The van der Waals surface area contributed by atoms with E-state index in [9.17, 15) is 9.59 Å². The molecule has 7 nitrogen and oxygen atoms in total. The van der Waals surface area contributed by atoms with E-state index in [1.54, 1.807) is 29.3 Å². The Morgan fingerprint density at radius 2 is 1.76 bits per heavy atom. The van der Waals surface area contributed by atoms with Crippen LogP contribution in [-0.2, 0) is 33.6 Å². The molecule has 3 rings (SSSR count). The second-order valence-corrected chi connectivity index (χ2v) is 12.5. The third-order valence-corrected chi connectivity index (χ3v) is 7.94. The van der Waals surface area contributed by atoms with E-state index in [0.717, 1.165) is 51.9 Å². The standard InChI is InChI=1S/C28H37N3O4S2/c1-28(2,3)23-17-29-25(35-23)19-36-27-18-30-26(37-27)16-22(33)8-6-4-5-7-9-24(34)31-21-12-10-20(11-13-21)14-15-32/h10-13,17-18,32H,4-9,14-16,19H2,1-3H3,(H,31,34). The molecule has 2 N–H and O–H groups in total. The van der Waals surface area contributed by atoms with Crippen molar-refractivity contribution < 1.29 is 19.1 Å². The van der Waals surface area contributed by atoms with Gasteiger partial charge in [0.25, 0.3) is 0 Å². The number of amides is 1. The molecule has 37 heavy (non-hydrogen) atoms. The molecule has 0 saturated carbocycles. The maximum atomic E-state index is 12.4. The van der Waals surface area contributed by atoms with E-state index in [0.29, 0.717) is 37.3 Å². The molecule has 2 aromatic heterocycles. The van der Waals surface area contributed by atoms with Crippen molar-refractivity contribution in [3.8, 4) is 0 Å². The highest BCUT2D eigenvalue weighted by atomic mass is 32.2. The predicted octanol–water partition coefficient (Wildman–Crippen LogP) is 6.35. The van der Waals surface area contributed by atoms with Crippen LogP contribution in [0.1, 0.15) is 81.5 Å². The van der Waals surface area contributed by atoms with Crippen LogP contribution in [0.15, 0.2) is 45.3 Å². The van der Waals surface area contributed by atoms with Crippen molar-refractivity contribution in [1.29, 1.82) is 0 Å². The molecule has 0 saturated heterocycles. The molecule has 0 aliphatic rings. The molecule has 0 aliphatic heterocycles. The number of aliphatic hydroxyl groups excluding tert-OH is 1. The number of thiazole rings is 1. The minimum Gasteiger partial charge on any atom is -0.444 e. The fraction of sp³-hybridized carbons (Fsp3) is 0.500. The third-order valence-electron chi connectivity index (χ3n) is 5.76. The first-order chi connectivity index (χ1) is 17.7. The number of anilines is 1. The number of aliphatic hydroxyl groups is 1. The Morgan fingerprint density at radius 3 is 2.43 bits per heavy atom. The first-order valence-corrected chi connectivity index (χ1v) is 14.6. The molecule has 3 aromatic rings. The van der Waals surface area contributed by atoms with Gasteiger partial charge >= 0.3 is 0 Å². The van der Waals surface area contributed by atoms with Gasteiger partial charge in [0.05, 0.1) is 28.8 Å². The first-order valence-electron chi connectivity index (χ1n) is 12.8. The molecule has 0 bridgehead atoms. The van der Waals surface area contributed by atoms with Crippen LogP contribution in [0.5, 0.6) is 0 Å². The first kappa shape index (κ1) is 29.1. The second-order valence-electron chi connectivity index (χ2n) is 10.1. The summed E-state index contributed by atoms with van der Waals surface area (Å²) in [5.41, 5.74) is 1.76. The SMILES string of the molecule is CC(C)(C)c1cnc(CSc2cnc(CC(=O)CCCCCCC(=O)Nc3ccc(CCO)cc3)s2)o1. The van der Waals surface area contributed by atoms with Crippen LogP contribution in [0.3, 0.4) is 0 Å². The monoisotopic (exact) mass is 543 g/mol. The van der Waals surface area contributed by atoms with Crippen LogP contribution >= 0.6 is 23.1 Å². The minimum absolute atomic E-state index is 0.000833. The molecule has 0 unspecified atom stereocenters. The lowest BCUT2D eigenvalue weighted by Gasteiger charge is -2.12. The van der Waals surface area contributed by atoms with Crippen LogP contribution in [0.2, 0.25) is 0 Å². The molecular weight excluding hydrogens is 506 g/mol. The van der Waals surface area contributed by atoms with Gasteiger partial charge in [-0.15, -0.1) is 23.1 Å². The van der Waals surface area contributed by atoms with Crippen molar-refractivity contribution in [3.63, 3.8) is 0 Å². The van der Waals surface area contributed by atoms with Crippen molar-refractivity contribution in [2.75, 3.05) is 11.9 Å². The molecular formula is C28H37N3O4S2. The fourth-order valence-electron chi connectivity index (χ4n) is 3.62. The Labute approximate surface area is 227 Å². The van der Waals surface area contributed by atoms with Gasteiger partial charge in [0.1, 0.15) is 16.6 Å². The summed E-state index contributed by atoms with van der Waals surface area (Å²) >= 11 is 3.18. The van der Waals surface area contributed by atoms with Gasteiger partial charge in [-0.05, 0) is 37.0 Å². The van der Waals surface area contributed by atoms with Crippen LogP contribution < -0.4 is 5.32 Å². The van der Waals surface area contributed by atoms with Gasteiger partial charge in [0.15, 0.2) is 0 Å². The van der Waals surface area contributed by atoms with Crippen molar-refractivity contribution >= 4 is 40.5 Å². The summed E-state index contributed by atoms with van der Waals surface area (Å²) in [6.45, 7) is 6.41. The summed E-state index contributed by atoms with van der Waals surface area (Å²) in [5, 5.41) is 12.7. The zero-order chi connectivity index (χ0) is 26.7. The Morgan fingerprint density at radius 1 is 1.03 bits per heavy atom. The Hall–Kier alpha value is -2.49. The van der Waals surface area contributed by atoms with Gasteiger partial charge in [0, 0.05) is 30.6 Å². The van der Waals surface area contributed by atoms with Gasteiger partial charge in [-0.1, -0.05) is 45.7 Å². The van der Waals surface area contributed by atoms with Gasteiger partial charge in [0.2, 0.25) is 11.8 Å². The average molecular weight is 544 g/mol. The Kier molecular flexibility index (Phi) is 11.4. The number of Topliss-reactive ketones (excluding diaryl/α,β-unsaturated/α-hetero) is 1. The van der Waals surface area contributed by atoms with Crippen molar-refractivity contribution in [2.24, 2.45) is 0 Å². The van der Waals surface area contributed by atoms with E-state index in [1.165, 1.54) is 0 Å². The lowest BCUT2D eigenvalue weighted by atomic mass is 9.94. The quantitative estimate of drug-likeness (QED) is 0.170. The largest absolute Gasteiger partial charge is 0.444 e. The highest BCUT2D eigenvalue weighted by Gasteiger charge is 2.19. The Balaban J connectivity index is 1.26. The average Bonchev–Trinajstić information content (AvgIpc) is 3.51. The summed E-state index contributed by atoms with van der Waals surface area (Å²) in [5.74, 6) is 2.42. The van der Waals surface area contributed by atoms with Crippen molar-refractivity contribution in [3.05, 3.63) is 58.9 Å². The van der Waals surface area contributed by atoms with Gasteiger partial charge in [-0.2, -0.15) is 0 Å². The number of carbonyl (C=O) groups is 2. The smallest absolute Gasteiger partial charge is 0.224 e. The minimum atomic E-state index is -0.0579. The number of benzene rings is 1. The highest BCUT2D eigenvalue weighted by Crippen LogP contribution is 2.30. The lowest BCUT2D eigenvalue weighted by Crippen LogP contribution is -2.11. The van der Waals surface area contributed by atoms with E-state index in [1.807, 2.05) is 30.5 Å². The molecule has 0 radical (unpaired) electrons. The molecule has 0 fully saturated rings. The van der Waals surface area contributed by atoms with E-state index >= 15 is 0 Å². The third kappa shape index (κ3) is 10.4. The molecule has 1 amide bonds. The topological polar surface area (TPSA) is 105 Å². The summed E-state index contributed by atoms with van der Waals surface area (Å²) in [7, 11) is 0. The number of aromatic nitrogens is 2. The summed E-state index contributed by atoms with van der Waals surface area (Å²) < 4.78 is 6.89. The normalized spacial score (nSPS) is 11.6. The maximum Gasteiger partial charge on any atom is 0.224 e. The number of oxazole rings is 1. The summed E-state index contributed by atoms with van der Waals surface area (Å²) in [6, 6.07) is 7.54. The molecule has 9 heteroatoms. The van der Waals surface area contributed by atoms with E-state index in [-0.39, 0.29) is 23.7 Å².